The molecule has 4 nitrogen and oxygen atoms in total. The Morgan fingerprint density at radius 1 is 1.27 bits per heavy atom. The van der Waals surface area contributed by atoms with E-state index in [1.807, 2.05) is 31.4 Å². The molecule has 0 spiro atoms. The molecule has 116 valence electrons. The van der Waals surface area contributed by atoms with Crippen molar-refractivity contribution in [3.8, 4) is 11.5 Å². The molecule has 0 bridgehead atoms. The summed E-state index contributed by atoms with van der Waals surface area (Å²) < 4.78 is 11.0. The number of thiophene rings is 1. The lowest BCUT2D eigenvalue weighted by atomic mass is 10.1. The summed E-state index contributed by atoms with van der Waals surface area (Å²) >= 11 is 1.40. The summed E-state index contributed by atoms with van der Waals surface area (Å²) in [5, 5.41) is 11.2. The summed E-state index contributed by atoms with van der Waals surface area (Å²) in [4.78, 5) is 12.2. The molecule has 0 saturated heterocycles. The Kier molecular flexibility index (Phi) is 5.22. The summed E-state index contributed by atoms with van der Waals surface area (Å²) in [7, 11) is 1.56. The van der Waals surface area contributed by atoms with Gasteiger partial charge in [-0.25, -0.2) is 4.79 Å². The average molecular weight is 318 g/mol. The van der Waals surface area contributed by atoms with Crippen molar-refractivity contribution >= 4 is 29.0 Å². The van der Waals surface area contributed by atoms with E-state index in [1.54, 1.807) is 31.4 Å². The maximum absolute atomic E-state index is 11.5. The van der Waals surface area contributed by atoms with E-state index < -0.39 is 5.97 Å². The summed E-state index contributed by atoms with van der Waals surface area (Å²) in [6.07, 6.45) is 1.67. The van der Waals surface area contributed by atoms with E-state index >= 15 is 0 Å². The minimum atomic E-state index is -0.955. The van der Waals surface area contributed by atoms with Crippen LogP contribution in [-0.2, 0) is 4.79 Å². The number of hydrogen-bond donors (Lipinski definition) is 1. The van der Waals surface area contributed by atoms with Gasteiger partial charge in [0.2, 0.25) is 0 Å². The Labute approximate surface area is 133 Å². The van der Waals surface area contributed by atoms with Crippen LogP contribution in [0.1, 0.15) is 24.3 Å². The van der Waals surface area contributed by atoms with Crippen LogP contribution in [0.5, 0.6) is 11.5 Å². The predicted molar refractivity (Wildman–Crippen MR) is 88.6 cm³/mol. The molecule has 0 unspecified atom stereocenters. The normalized spacial score (nSPS) is 11.5. The molecule has 5 heteroatoms. The lowest BCUT2D eigenvalue weighted by Gasteiger charge is -2.14. The van der Waals surface area contributed by atoms with Gasteiger partial charge in [0.25, 0.3) is 0 Å². The van der Waals surface area contributed by atoms with Gasteiger partial charge in [0.05, 0.1) is 18.8 Å². The summed E-state index contributed by atoms with van der Waals surface area (Å²) in [6, 6.07) is 9.00. The zero-order chi connectivity index (χ0) is 16.1. The topological polar surface area (TPSA) is 55.8 Å². The van der Waals surface area contributed by atoms with Gasteiger partial charge in [0.1, 0.15) is 0 Å². The van der Waals surface area contributed by atoms with Crippen LogP contribution in [0, 0.1) is 0 Å². The number of benzene rings is 1. The molecule has 1 heterocycles. The highest BCUT2D eigenvalue weighted by Crippen LogP contribution is 2.31. The zero-order valence-electron chi connectivity index (χ0n) is 12.7. The molecule has 1 N–H and O–H groups in total. The van der Waals surface area contributed by atoms with Gasteiger partial charge < -0.3 is 14.6 Å². The standard InChI is InChI=1S/C17H18O4S/c1-11(2)21-14-7-6-12(10-15(14)20-3)9-13(17(18)19)16-5-4-8-22-16/h4-11H,1-3H3,(H,18,19)/b13-9+. The van der Waals surface area contributed by atoms with Crippen molar-refractivity contribution in [1.29, 1.82) is 0 Å². The average Bonchev–Trinajstić information content (AvgIpc) is 2.99. The number of hydrogen-bond acceptors (Lipinski definition) is 4. The summed E-state index contributed by atoms with van der Waals surface area (Å²) in [6.45, 7) is 3.87. The van der Waals surface area contributed by atoms with Crippen LogP contribution in [0.2, 0.25) is 0 Å². The molecule has 1 aromatic carbocycles. The Balaban J connectivity index is 2.39. The van der Waals surface area contributed by atoms with E-state index in [2.05, 4.69) is 0 Å². The fourth-order valence-electron chi connectivity index (χ4n) is 1.96. The van der Waals surface area contributed by atoms with Gasteiger partial charge >= 0.3 is 5.97 Å². The molecule has 0 aliphatic carbocycles. The third-order valence-electron chi connectivity index (χ3n) is 2.88. The van der Waals surface area contributed by atoms with Crippen molar-refractivity contribution in [1.82, 2.24) is 0 Å². The first kappa shape index (κ1) is 16.1. The smallest absolute Gasteiger partial charge is 0.337 e. The lowest BCUT2D eigenvalue weighted by molar-refractivity contribution is -0.130. The molecular weight excluding hydrogens is 300 g/mol. The molecule has 0 radical (unpaired) electrons. The Bertz CT molecular complexity index is 672. The second-order valence-electron chi connectivity index (χ2n) is 4.92. The number of methoxy groups -OCH3 is 1. The first-order valence-electron chi connectivity index (χ1n) is 6.85. The third-order valence-corrected chi connectivity index (χ3v) is 3.78. The molecule has 1 aromatic heterocycles. The van der Waals surface area contributed by atoms with Crippen LogP contribution < -0.4 is 9.47 Å². The fraction of sp³-hybridized carbons (Fsp3) is 0.235. The molecule has 0 fully saturated rings. The molecular formula is C17H18O4S. The van der Waals surface area contributed by atoms with E-state index in [-0.39, 0.29) is 11.7 Å². The largest absolute Gasteiger partial charge is 0.493 e. The zero-order valence-corrected chi connectivity index (χ0v) is 13.5. The quantitative estimate of drug-likeness (QED) is 0.812. The van der Waals surface area contributed by atoms with Crippen LogP contribution in [-0.4, -0.2) is 24.3 Å². The second kappa shape index (κ2) is 7.13. The minimum Gasteiger partial charge on any atom is -0.493 e. The highest BCUT2D eigenvalue weighted by molar-refractivity contribution is 7.11. The molecule has 2 aromatic rings. The monoisotopic (exact) mass is 318 g/mol. The van der Waals surface area contributed by atoms with E-state index in [4.69, 9.17) is 9.47 Å². The number of carboxylic acid groups (broad SMARTS) is 1. The molecule has 0 amide bonds. The number of aliphatic carboxylic acids is 1. The maximum Gasteiger partial charge on any atom is 0.337 e. The van der Waals surface area contributed by atoms with E-state index in [0.29, 0.717) is 16.4 Å². The second-order valence-corrected chi connectivity index (χ2v) is 5.87. The van der Waals surface area contributed by atoms with Crippen molar-refractivity contribution in [3.63, 3.8) is 0 Å². The molecule has 2 rings (SSSR count). The fourth-order valence-corrected chi connectivity index (χ4v) is 2.70. The van der Waals surface area contributed by atoms with Crippen molar-refractivity contribution in [2.75, 3.05) is 7.11 Å². The first-order valence-corrected chi connectivity index (χ1v) is 7.72. The van der Waals surface area contributed by atoms with E-state index in [0.717, 1.165) is 5.56 Å². The van der Waals surface area contributed by atoms with Gasteiger partial charge in [-0.1, -0.05) is 12.1 Å². The van der Waals surface area contributed by atoms with Gasteiger partial charge in [-0.05, 0) is 49.1 Å². The lowest BCUT2D eigenvalue weighted by Crippen LogP contribution is -2.06. The SMILES string of the molecule is COc1cc(/C=C(/C(=O)O)c2cccs2)ccc1OC(C)C. The number of carboxylic acids is 1. The Morgan fingerprint density at radius 3 is 2.59 bits per heavy atom. The van der Waals surface area contributed by atoms with Crippen LogP contribution in [0.3, 0.4) is 0 Å². The molecule has 0 aliphatic rings. The first-order chi connectivity index (χ1) is 10.5. The summed E-state index contributed by atoms with van der Waals surface area (Å²) in [5.41, 5.74) is 1.01. The Hall–Kier alpha value is -2.27. The third kappa shape index (κ3) is 3.89. The summed E-state index contributed by atoms with van der Waals surface area (Å²) in [5.74, 6) is 0.268. The highest BCUT2D eigenvalue weighted by atomic mass is 32.1. The van der Waals surface area contributed by atoms with Crippen molar-refractivity contribution in [2.24, 2.45) is 0 Å². The number of ether oxygens (including phenoxy) is 2. The van der Waals surface area contributed by atoms with E-state index in [1.165, 1.54) is 11.3 Å². The molecule has 0 aliphatic heterocycles. The predicted octanol–water partition coefficient (Wildman–Crippen LogP) is 4.17. The van der Waals surface area contributed by atoms with Crippen LogP contribution in [0.15, 0.2) is 35.7 Å². The molecule has 0 saturated carbocycles. The van der Waals surface area contributed by atoms with Crippen molar-refractivity contribution in [3.05, 3.63) is 46.2 Å². The van der Waals surface area contributed by atoms with Crippen LogP contribution in [0.4, 0.5) is 0 Å². The minimum absolute atomic E-state index is 0.0380. The van der Waals surface area contributed by atoms with Crippen molar-refractivity contribution in [2.45, 2.75) is 20.0 Å². The van der Waals surface area contributed by atoms with Gasteiger partial charge in [0, 0.05) is 4.88 Å². The van der Waals surface area contributed by atoms with Crippen LogP contribution in [0.25, 0.3) is 11.6 Å². The van der Waals surface area contributed by atoms with Gasteiger partial charge in [-0.3, -0.25) is 0 Å². The maximum atomic E-state index is 11.5. The number of rotatable bonds is 6. The van der Waals surface area contributed by atoms with Gasteiger partial charge in [-0.15, -0.1) is 11.3 Å². The van der Waals surface area contributed by atoms with Crippen LogP contribution >= 0.6 is 11.3 Å². The highest BCUT2D eigenvalue weighted by Gasteiger charge is 2.13. The van der Waals surface area contributed by atoms with E-state index in [9.17, 15) is 9.90 Å². The van der Waals surface area contributed by atoms with Crippen molar-refractivity contribution < 1.29 is 19.4 Å². The Morgan fingerprint density at radius 2 is 2.05 bits per heavy atom. The van der Waals surface area contributed by atoms with Gasteiger partial charge in [-0.2, -0.15) is 0 Å². The molecule has 0 atom stereocenters. The number of carbonyl (C=O) groups is 1. The van der Waals surface area contributed by atoms with Gasteiger partial charge in [0.15, 0.2) is 11.5 Å². The molecule has 22 heavy (non-hydrogen) atoms.